The fourth-order valence-corrected chi connectivity index (χ4v) is 2.68. The highest BCUT2D eigenvalue weighted by atomic mass is 35.5. The molecule has 0 aliphatic carbocycles. The molecule has 0 spiro atoms. The van der Waals surface area contributed by atoms with E-state index < -0.39 is 22.4 Å². The van der Waals surface area contributed by atoms with Crippen LogP contribution in [0.2, 0.25) is 0 Å². The van der Waals surface area contributed by atoms with E-state index in [9.17, 15) is 14.1 Å². The Balaban J connectivity index is 0.00000134. The van der Waals surface area contributed by atoms with Gasteiger partial charge in [-0.05, 0) is 36.2 Å². The zero-order chi connectivity index (χ0) is 18.1. The van der Waals surface area contributed by atoms with Gasteiger partial charge in [0.05, 0.1) is 0 Å². The Labute approximate surface area is 158 Å². The van der Waals surface area contributed by atoms with Crippen molar-refractivity contribution in [3.8, 4) is 5.75 Å². The van der Waals surface area contributed by atoms with E-state index >= 15 is 0 Å². The maximum absolute atomic E-state index is 12.4. The minimum atomic E-state index is -1.15. The molecule has 0 aliphatic rings. The van der Waals surface area contributed by atoms with Crippen LogP contribution in [0.15, 0.2) is 41.4 Å². The third-order valence-electron chi connectivity index (χ3n) is 3.27. The summed E-state index contributed by atoms with van der Waals surface area (Å²) < 4.78 is 28.1. The normalized spacial score (nSPS) is 10.6. The van der Waals surface area contributed by atoms with Gasteiger partial charge in [-0.25, -0.2) is 0 Å². The van der Waals surface area contributed by atoms with Gasteiger partial charge in [0.15, 0.2) is 5.78 Å². The first-order valence-electron chi connectivity index (χ1n) is 6.98. The van der Waals surface area contributed by atoms with Gasteiger partial charge >= 0.3 is 11.6 Å². The molecular weight excluding hydrogens is 386 g/mol. The lowest BCUT2D eigenvalue weighted by Crippen LogP contribution is -2.09. The van der Waals surface area contributed by atoms with Crippen LogP contribution in [0.1, 0.15) is 28.5 Å². The zero-order valence-corrected chi connectivity index (χ0v) is 16.1. The van der Waals surface area contributed by atoms with E-state index in [1.54, 1.807) is 30.7 Å². The second-order valence-electron chi connectivity index (χ2n) is 4.78. The Hall–Kier alpha value is -1.90. The number of carbonyl (C=O) groups excluding carboxylic acids is 1. The molecule has 0 fully saturated rings. The number of halogens is 1. The molecule has 2 rings (SSSR count). The van der Waals surface area contributed by atoms with Gasteiger partial charge in [-0.1, -0.05) is 13.0 Å². The van der Waals surface area contributed by atoms with Crippen LogP contribution in [0, 0.1) is 0 Å². The summed E-state index contributed by atoms with van der Waals surface area (Å²) in [5.74, 6) is -0.117. The Morgan fingerprint density at radius 3 is 2.44 bits per heavy atom. The van der Waals surface area contributed by atoms with Gasteiger partial charge in [0, 0.05) is 40.1 Å². The van der Waals surface area contributed by atoms with E-state index in [1.165, 1.54) is 6.07 Å². The second kappa shape index (κ2) is 11.6. The third-order valence-corrected chi connectivity index (χ3v) is 4.19. The van der Waals surface area contributed by atoms with Crippen molar-refractivity contribution in [1.82, 2.24) is 4.98 Å². The SMILES string of the molecule is CCc1cccnc1C(=O)Cc1cc(S(C)=O)ccc1O.Cl.O=S=O. The van der Waals surface area contributed by atoms with Crippen LogP contribution in [-0.2, 0) is 35.2 Å². The van der Waals surface area contributed by atoms with Crippen molar-refractivity contribution in [2.24, 2.45) is 0 Å². The van der Waals surface area contributed by atoms with Crippen molar-refractivity contribution < 1.29 is 22.5 Å². The first-order valence-corrected chi connectivity index (χ1v) is 9.21. The van der Waals surface area contributed by atoms with Gasteiger partial charge < -0.3 is 5.11 Å². The van der Waals surface area contributed by atoms with Gasteiger partial charge in [0.1, 0.15) is 11.4 Å². The number of aromatic hydroxyl groups is 1. The largest absolute Gasteiger partial charge is 0.508 e. The molecule has 1 atom stereocenters. The van der Waals surface area contributed by atoms with E-state index in [1.807, 2.05) is 13.0 Å². The van der Waals surface area contributed by atoms with Crippen molar-refractivity contribution in [1.29, 1.82) is 0 Å². The van der Waals surface area contributed by atoms with Gasteiger partial charge in [0.25, 0.3) is 0 Å². The van der Waals surface area contributed by atoms with Crippen molar-refractivity contribution in [3.63, 3.8) is 0 Å². The summed E-state index contributed by atoms with van der Waals surface area (Å²) >= 11 is -0.750. The lowest BCUT2D eigenvalue weighted by atomic mass is 10.0. The molecule has 136 valence electrons. The molecule has 1 aromatic carbocycles. The monoisotopic (exact) mass is 403 g/mol. The minimum absolute atomic E-state index is 0. The maximum atomic E-state index is 12.4. The van der Waals surface area contributed by atoms with Crippen molar-refractivity contribution in [2.75, 3.05) is 6.26 Å². The number of rotatable bonds is 5. The Morgan fingerprint density at radius 1 is 1.24 bits per heavy atom. The number of pyridine rings is 1. The predicted molar refractivity (Wildman–Crippen MR) is 98.3 cm³/mol. The fourth-order valence-electron chi connectivity index (χ4n) is 2.11. The highest BCUT2D eigenvalue weighted by Crippen LogP contribution is 2.22. The molecule has 0 aliphatic heterocycles. The summed E-state index contributed by atoms with van der Waals surface area (Å²) in [6.07, 6.45) is 3.91. The summed E-state index contributed by atoms with van der Waals surface area (Å²) in [5, 5.41) is 9.87. The van der Waals surface area contributed by atoms with Crippen molar-refractivity contribution in [3.05, 3.63) is 53.3 Å². The molecular formula is C16H18ClNO5S2. The minimum Gasteiger partial charge on any atom is -0.508 e. The summed E-state index contributed by atoms with van der Waals surface area (Å²) in [4.78, 5) is 17.1. The summed E-state index contributed by atoms with van der Waals surface area (Å²) in [5.41, 5.74) is 1.79. The van der Waals surface area contributed by atoms with Crippen LogP contribution in [0.4, 0.5) is 0 Å². The number of Topliss-reactive ketones (excluding diaryl/α,β-unsaturated/α-hetero) is 1. The number of nitrogens with zero attached hydrogens (tertiary/aromatic N) is 1. The van der Waals surface area contributed by atoms with Crippen LogP contribution in [-0.4, -0.2) is 34.8 Å². The number of phenolic OH excluding ortho intramolecular Hbond substituents is 1. The molecule has 0 amide bonds. The molecule has 9 heteroatoms. The lowest BCUT2D eigenvalue weighted by Gasteiger charge is -2.08. The van der Waals surface area contributed by atoms with Crippen LogP contribution < -0.4 is 0 Å². The smallest absolute Gasteiger partial charge is 0.335 e. The van der Waals surface area contributed by atoms with Crippen LogP contribution in [0.25, 0.3) is 0 Å². The van der Waals surface area contributed by atoms with Gasteiger partial charge in [-0.2, -0.15) is 8.42 Å². The molecule has 0 saturated carbocycles. The second-order valence-corrected chi connectivity index (χ2v) is 6.29. The topological polar surface area (TPSA) is 101 Å². The lowest BCUT2D eigenvalue weighted by molar-refractivity contribution is 0.0986. The van der Waals surface area contributed by atoms with Gasteiger partial charge in [0.2, 0.25) is 0 Å². The van der Waals surface area contributed by atoms with E-state index in [4.69, 9.17) is 8.42 Å². The average molecular weight is 404 g/mol. The van der Waals surface area contributed by atoms with Crippen molar-refractivity contribution >= 4 is 40.6 Å². The number of hydrogen-bond donors (Lipinski definition) is 1. The molecule has 1 aromatic heterocycles. The Bertz CT molecular complexity index is 792. The maximum Gasteiger partial charge on any atom is 0.335 e. The number of hydrogen-bond acceptors (Lipinski definition) is 6. The Kier molecular flexibility index (Phi) is 10.7. The molecule has 0 saturated heterocycles. The first-order chi connectivity index (χ1) is 11.4. The standard InChI is InChI=1S/C16H17NO3S.ClH.O2S/c1-3-11-5-4-8-17-16(11)15(19)10-12-9-13(21(2)20)6-7-14(12)18;;1-3-2/h4-9,18H,3,10H2,1-2H3;1H;. The molecule has 25 heavy (non-hydrogen) atoms. The van der Waals surface area contributed by atoms with Gasteiger partial charge in [-0.15, -0.1) is 12.4 Å². The van der Waals surface area contributed by atoms with Crippen LogP contribution >= 0.6 is 12.4 Å². The number of phenols is 1. The van der Waals surface area contributed by atoms with Gasteiger partial charge in [-0.3, -0.25) is 14.0 Å². The number of ketones is 1. The quantitative estimate of drug-likeness (QED) is 0.768. The molecule has 1 N–H and O–H groups in total. The first kappa shape index (κ1) is 23.1. The van der Waals surface area contributed by atoms with E-state index in [0.29, 0.717) is 16.2 Å². The Morgan fingerprint density at radius 2 is 1.88 bits per heavy atom. The van der Waals surface area contributed by atoms with E-state index in [-0.39, 0.29) is 30.4 Å². The molecule has 1 unspecified atom stereocenters. The van der Waals surface area contributed by atoms with Crippen LogP contribution in [0.5, 0.6) is 5.75 Å². The van der Waals surface area contributed by atoms with E-state index in [0.717, 1.165) is 12.0 Å². The summed E-state index contributed by atoms with van der Waals surface area (Å²) in [6.45, 7) is 1.96. The van der Waals surface area contributed by atoms with Crippen LogP contribution in [0.3, 0.4) is 0 Å². The number of aryl methyl sites for hydroxylation is 1. The van der Waals surface area contributed by atoms with Crippen molar-refractivity contribution in [2.45, 2.75) is 24.7 Å². The zero-order valence-electron chi connectivity index (χ0n) is 13.6. The fraction of sp³-hybridized carbons (Fsp3) is 0.250. The summed E-state index contributed by atoms with van der Waals surface area (Å²) in [7, 11) is -1.15. The number of carbonyl (C=O) groups is 1. The molecule has 6 nitrogen and oxygen atoms in total. The number of benzene rings is 1. The highest BCUT2D eigenvalue weighted by molar-refractivity contribution is 7.84. The highest BCUT2D eigenvalue weighted by Gasteiger charge is 2.15. The predicted octanol–water partition coefficient (Wildman–Crippen LogP) is 2.26. The average Bonchev–Trinajstić information content (AvgIpc) is 2.57. The third kappa shape index (κ3) is 6.85. The summed E-state index contributed by atoms with van der Waals surface area (Å²) in [6, 6.07) is 8.35. The number of aromatic nitrogens is 1. The van der Waals surface area contributed by atoms with E-state index in [2.05, 4.69) is 4.98 Å². The molecule has 0 bridgehead atoms. The molecule has 0 radical (unpaired) electrons. The molecule has 1 heterocycles. The molecule has 2 aromatic rings.